The van der Waals surface area contributed by atoms with Gasteiger partial charge in [-0.2, -0.15) is 0 Å². The number of morpholine rings is 1. The Bertz CT molecular complexity index is 762. The van der Waals surface area contributed by atoms with E-state index < -0.39 is 15.5 Å². The van der Waals surface area contributed by atoms with Gasteiger partial charge >= 0.3 is 0 Å². The number of aromatic nitrogens is 2. The summed E-state index contributed by atoms with van der Waals surface area (Å²) in [5, 5.41) is 0.219. The molecule has 1 aromatic carbocycles. The normalized spacial score (nSPS) is 20.6. The predicted octanol–water partition coefficient (Wildman–Crippen LogP) is 2.71. The SMILES string of the molecule is O=[SH+](c1ccccc1)C1(c2cc(N3CCOCC3)nc(Cl)n2)CC1. The summed E-state index contributed by atoms with van der Waals surface area (Å²) in [6.45, 7) is 2.93. The average Bonchev–Trinajstić information content (AvgIpc) is 3.44. The Labute approximate surface area is 148 Å². The summed E-state index contributed by atoms with van der Waals surface area (Å²) in [6.07, 6.45) is 1.74. The molecule has 2 aromatic rings. The van der Waals surface area contributed by atoms with E-state index in [2.05, 4.69) is 14.9 Å². The average molecular weight is 365 g/mol. The fraction of sp³-hybridized carbons (Fsp3) is 0.412. The molecule has 1 aromatic heterocycles. The Balaban J connectivity index is 1.68. The van der Waals surface area contributed by atoms with Crippen molar-refractivity contribution in [2.45, 2.75) is 22.5 Å². The van der Waals surface area contributed by atoms with Crippen LogP contribution in [0.15, 0.2) is 41.3 Å². The monoisotopic (exact) mass is 364 g/mol. The third-order valence-electron chi connectivity index (χ3n) is 4.60. The van der Waals surface area contributed by atoms with Crippen LogP contribution in [0.2, 0.25) is 5.28 Å². The van der Waals surface area contributed by atoms with Crippen LogP contribution < -0.4 is 4.90 Å². The summed E-state index contributed by atoms with van der Waals surface area (Å²) in [6, 6.07) is 11.6. The van der Waals surface area contributed by atoms with Gasteiger partial charge in [0.2, 0.25) is 5.28 Å². The predicted molar refractivity (Wildman–Crippen MR) is 95.1 cm³/mol. The first-order chi connectivity index (χ1) is 11.7. The first-order valence-corrected chi connectivity index (χ1v) is 9.73. The molecule has 0 radical (unpaired) electrons. The Hall–Kier alpha value is -1.50. The molecule has 2 aliphatic rings. The molecule has 4 rings (SSSR count). The lowest BCUT2D eigenvalue weighted by molar-refractivity contribution is 0.122. The van der Waals surface area contributed by atoms with Gasteiger partial charge in [-0.3, -0.25) is 0 Å². The molecule has 1 aliphatic heterocycles. The molecular weight excluding hydrogens is 346 g/mol. The molecule has 24 heavy (non-hydrogen) atoms. The van der Waals surface area contributed by atoms with E-state index >= 15 is 0 Å². The molecule has 0 amide bonds. The van der Waals surface area contributed by atoms with Crippen LogP contribution in [0.5, 0.6) is 0 Å². The van der Waals surface area contributed by atoms with E-state index in [9.17, 15) is 4.21 Å². The molecule has 1 atom stereocenters. The van der Waals surface area contributed by atoms with Crippen LogP contribution in [-0.2, 0) is 24.5 Å². The van der Waals surface area contributed by atoms with E-state index in [1.54, 1.807) is 0 Å². The van der Waals surface area contributed by atoms with Crippen LogP contribution in [0.4, 0.5) is 5.82 Å². The maximum atomic E-state index is 13.1. The number of nitrogens with zero attached hydrogens (tertiary/aromatic N) is 3. The van der Waals surface area contributed by atoms with Gasteiger partial charge in [0, 0.05) is 32.0 Å². The van der Waals surface area contributed by atoms with Crippen LogP contribution >= 0.6 is 11.6 Å². The Morgan fingerprint density at radius 1 is 1.12 bits per heavy atom. The lowest BCUT2D eigenvalue weighted by Gasteiger charge is -2.28. The van der Waals surface area contributed by atoms with Gasteiger partial charge in [0.15, 0.2) is 9.64 Å². The minimum Gasteiger partial charge on any atom is -0.378 e. The first kappa shape index (κ1) is 16.0. The number of ether oxygens (including phenoxy) is 1. The number of benzene rings is 1. The molecule has 1 saturated carbocycles. The van der Waals surface area contributed by atoms with Gasteiger partial charge in [-0.1, -0.05) is 18.2 Å². The van der Waals surface area contributed by atoms with E-state index in [1.807, 2.05) is 36.4 Å². The second-order valence-electron chi connectivity index (χ2n) is 6.14. The highest BCUT2D eigenvalue weighted by molar-refractivity contribution is 7.86. The van der Waals surface area contributed by atoms with Gasteiger partial charge in [-0.25, -0.2) is 9.97 Å². The zero-order valence-corrected chi connectivity index (χ0v) is 14.8. The second-order valence-corrected chi connectivity index (χ2v) is 8.44. The highest BCUT2D eigenvalue weighted by Crippen LogP contribution is 2.53. The smallest absolute Gasteiger partial charge is 0.224 e. The van der Waals surface area contributed by atoms with Crippen molar-refractivity contribution in [3.05, 3.63) is 47.4 Å². The lowest BCUT2D eigenvalue weighted by atomic mass is 10.2. The minimum atomic E-state index is -1.57. The first-order valence-electron chi connectivity index (χ1n) is 8.09. The maximum absolute atomic E-state index is 13.1. The molecule has 1 saturated heterocycles. The summed E-state index contributed by atoms with van der Waals surface area (Å²) in [5.74, 6) is 0.802. The Morgan fingerprint density at radius 2 is 1.83 bits per heavy atom. The van der Waals surface area contributed by atoms with Gasteiger partial charge in [-0.05, 0) is 23.7 Å². The molecular formula is C17H19ClN3O2S+. The van der Waals surface area contributed by atoms with E-state index in [1.165, 1.54) is 0 Å². The fourth-order valence-electron chi connectivity index (χ4n) is 3.09. The van der Waals surface area contributed by atoms with Gasteiger partial charge in [-0.15, -0.1) is 4.21 Å². The molecule has 126 valence electrons. The zero-order valence-electron chi connectivity index (χ0n) is 13.2. The van der Waals surface area contributed by atoms with Crippen LogP contribution in [0.3, 0.4) is 0 Å². The number of hydrogen-bond donors (Lipinski definition) is 0. The zero-order chi connectivity index (χ0) is 16.6. The summed E-state index contributed by atoms with van der Waals surface area (Å²) < 4.78 is 18.1. The summed E-state index contributed by atoms with van der Waals surface area (Å²) in [5.41, 5.74) is 0.800. The van der Waals surface area contributed by atoms with Crippen molar-refractivity contribution in [3.8, 4) is 0 Å². The molecule has 2 heterocycles. The minimum absolute atomic E-state index is 0.219. The van der Waals surface area contributed by atoms with Gasteiger partial charge in [0.25, 0.3) is 0 Å². The van der Waals surface area contributed by atoms with Crippen LogP contribution in [0.25, 0.3) is 0 Å². The van der Waals surface area contributed by atoms with Crippen molar-refractivity contribution in [2.24, 2.45) is 0 Å². The summed E-state index contributed by atoms with van der Waals surface area (Å²) >= 11 is 6.18. The van der Waals surface area contributed by atoms with E-state index in [0.29, 0.717) is 13.2 Å². The Morgan fingerprint density at radius 3 is 2.50 bits per heavy atom. The number of anilines is 1. The van der Waals surface area contributed by atoms with Crippen molar-refractivity contribution in [3.63, 3.8) is 0 Å². The second kappa shape index (κ2) is 6.43. The van der Waals surface area contributed by atoms with Gasteiger partial charge in [0.05, 0.1) is 13.2 Å². The molecule has 0 bridgehead atoms. The quantitative estimate of drug-likeness (QED) is 0.474. The van der Waals surface area contributed by atoms with Gasteiger partial charge in [0.1, 0.15) is 22.3 Å². The van der Waals surface area contributed by atoms with Crippen LogP contribution in [0, 0.1) is 0 Å². The number of hydrogen-bond acceptors (Lipinski definition) is 5. The lowest BCUT2D eigenvalue weighted by Crippen LogP contribution is -2.37. The summed E-state index contributed by atoms with van der Waals surface area (Å²) in [7, 11) is -1.57. The van der Waals surface area contributed by atoms with Crippen LogP contribution in [0.1, 0.15) is 18.5 Å². The summed E-state index contributed by atoms with van der Waals surface area (Å²) in [4.78, 5) is 11.8. The van der Waals surface area contributed by atoms with Crippen molar-refractivity contribution in [2.75, 3.05) is 31.2 Å². The topological polar surface area (TPSA) is 55.3 Å². The third kappa shape index (κ3) is 2.94. The molecule has 5 nitrogen and oxygen atoms in total. The number of thiol groups is 1. The third-order valence-corrected chi connectivity index (χ3v) is 6.99. The molecule has 2 fully saturated rings. The van der Waals surface area contributed by atoms with Crippen molar-refractivity contribution >= 4 is 28.2 Å². The van der Waals surface area contributed by atoms with E-state index in [4.69, 9.17) is 16.3 Å². The highest BCUT2D eigenvalue weighted by Gasteiger charge is 2.58. The van der Waals surface area contributed by atoms with Gasteiger partial charge < -0.3 is 9.64 Å². The van der Waals surface area contributed by atoms with Crippen molar-refractivity contribution in [1.29, 1.82) is 0 Å². The molecule has 0 N–H and O–H groups in total. The van der Waals surface area contributed by atoms with Crippen LogP contribution in [-0.4, -0.2) is 36.3 Å². The van der Waals surface area contributed by atoms with Crippen molar-refractivity contribution in [1.82, 2.24) is 9.97 Å². The standard InChI is InChI=1S/C17H18ClN3O2S/c18-16-19-14(12-15(20-16)21-8-10-23-11-9-21)17(6-7-17)24(22)13-4-2-1-3-5-13/h1-5,12H,6-11H2/p+1. The molecule has 7 heteroatoms. The highest BCUT2D eigenvalue weighted by atomic mass is 35.5. The maximum Gasteiger partial charge on any atom is 0.224 e. The molecule has 1 unspecified atom stereocenters. The van der Waals surface area contributed by atoms with E-state index in [-0.39, 0.29) is 5.28 Å². The van der Waals surface area contributed by atoms with Crippen molar-refractivity contribution < 1.29 is 8.95 Å². The Kier molecular flexibility index (Phi) is 4.28. The molecule has 1 aliphatic carbocycles. The largest absolute Gasteiger partial charge is 0.378 e. The number of rotatable bonds is 4. The molecule has 0 spiro atoms. The van der Waals surface area contributed by atoms with E-state index in [0.717, 1.165) is 42.3 Å². The number of halogens is 1. The fourth-order valence-corrected chi connectivity index (χ4v) is 5.05.